The number of allylic oxidation sites excluding steroid dienone is 1. The van der Waals surface area contributed by atoms with E-state index in [1.54, 1.807) is 13.8 Å². The van der Waals surface area contributed by atoms with Gasteiger partial charge in [0.1, 0.15) is 6.10 Å². The van der Waals surface area contributed by atoms with Crippen LogP contribution >= 0.6 is 0 Å². The van der Waals surface area contributed by atoms with E-state index in [2.05, 4.69) is 0 Å². The van der Waals surface area contributed by atoms with Crippen LogP contribution < -0.4 is 0 Å². The number of methoxy groups -OCH3 is 1. The SMILES string of the molecule is CCOC(=O)/C=C1\CC[C@H]2[C@@H](C(=O)[C@H](O)C3[C@]2(C)CC[C@H](O)[C@]3(C)C(=O)OC)[C@H]1C. The van der Waals surface area contributed by atoms with Gasteiger partial charge >= 0.3 is 11.9 Å². The molecule has 1 unspecified atom stereocenters. The summed E-state index contributed by atoms with van der Waals surface area (Å²) in [6.07, 6.45) is 1.48. The molecule has 0 heterocycles. The molecule has 0 radical (unpaired) electrons. The van der Waals surface area contributed by atoms with Gasteiger partial charge in [-0.3, -0.25) is 9.59 Å². The summed E-state index contributed by atoms with van der Waals surface area (Å²) in [6.45, 7) is 7.60. The highest BCUT2D eigenvalue weighted by Crippen LogP contribution is 2.64. The molecule has 0 aromatic carbocycles. The van der Waals surface area contributed by atoms with Crippen molar-refractivity contribution in [2.45, 2.75) is 65.6 Å². The Hall–Kier alpha value is -1.73. The first-order chi connectivity index (χ1) is 14.0. The van der Waals surface area contributed by atoms with Crippen molar-refractivity contribution in [1.82, 2.24) is 0 Å². The molecule has 0 aromatic rings. The minimum atomic E-state index is -1.38. The van der Waals surface area contributed by atoms with Gasteiger partial charge in [0, 0.05) is 17.9 Å². The molecule has 168 valence electrons. The molecule has 2 N–H and O–H groups in total. The standard InChI is InChI=1S/C23H34O7/c1-6-30-16(25)11-13-7-8-14-17(12(13)2)18(26)19(27)20-22(14,3)10-9-15(24)23(20,4)21(28)29-5/h11-12,14-15,17,19-20,24,27H,6-10H2,1-5H3/b13-11+/t12-,14-,15-,17-,19-,20?,22+,23-/m0/s1. The van der Waals surface area contributed by atoms with E-state index in [-0.39, 0.29) is 24.2 Å². The van der Waals surface area contributed by atoms with Gasteiger partial charge in [0.2, 0.25) is 0 Å². The molecule has 7 heteroatoms. The van der Waals surface area contributed by atoms with Crippen molar-refractivity contribution < 1.29 is 34.1 Å². The summed E-state index contributed by atoms with van der Waals surface area (Å²) >= 11 is 0. The molecule has 3 saturated carbocycles. The molecule has 0 aromatic heterocycles. The molecular weight excluding hydrogens is 388 g/mol. The van der Waals surface area contributed by atoms with Gasteiger partial charge in [-0.05, 0) is 56.8 Å². The van der Waals surface area contributed by atoms with Crippen LogP contribution in [0.3, 0.4) is 0 Å². The van der Waals surface area contributed by atoms with Crippen LogP contribution in [0.5, 0.6) is 0 Å². The van der Waals surface area contributed by atoms with Crippen molar-refractivity contribution >= 4 is 17.7 Å². The van der Waals surface area contributed by atoms with Gasteiger partial charge in [0.05, 0.1) is 25.2 Å². The summed E-state index contributed by atoms with van der Waals surface area (Å²) in [7, 11) is 1.27. The second-order valence-corrected chi connectivity index (χ2v) is 9.59. The molecule has 0 saturated heterocycles. The zero-order chi connectivity index (χ0) is 22.4. The summed E-state index contributed by atoms with van der Waals surface area (Å²) in [6, 6.07) is 0. The predicted molar refractivity (Wildman–Crippen MR) is 108 cm³/mol. The van der Waals surface area contributed by atoms with Crippen LogP contribution in [0.4, 0.5) is 0 Å². The third kappa shape index (κ3) is 3.21. The Balaban J connectivity index is 2.02. The van der Waals surface area contributed by atoms with Crippen LogP contribution in [0, 0.1) is 34.5 Å². The third-order valence-electron chi connectivity index (χ3n) is 8.30. The van der Waals surface area contributed by atoms with Gasteiger partial charge in [0.15, 0.2) is 5.78 Å². The van der Waals surface area contributed by atoms with E-state index in [0.717, 1.165) is 5.57 Å². The van der Waals surface area contributed by atoms with E-state index in [0.29, 0.717) is 25.7 Å². The third-order valence-corrected chi connectivity index (χ3v) is 8.30. The summed E-state index contributed by atoms with van der Waals surface area (Å²) < 4.78 is 10.0. The normalized spacial score (nSPS) is 44.8. The number of carbonyl (C=O) groups excluding carboxylic acids is 3. The molecule has 30 heavy (non-hydrogen) atoms. The highest BCUT2D eigenvalue weighted by molar-refractivity contribution is 5.90. The number of aliphatic hydroxyl groups excluding tert-OH is 2. The smallest absolute Gasteiger partial charge is 0.330 e. The average molecular weight is 423 g/mol. The van der Waals surface area contributed by atoms with Crippen LogP contribution in [0.15, 0.2) is 11.6 Å². The number of carbonyl (C=O) groups is 3. The number of ketones is 1. The zero-order valence-electron chi connectivity index (χ0n) is 18.5. The number of hydrogen-bond donors (Lipinski definition) is 2. The summed E-state index contributed by atoms with van der Waals surface area (Å²) in [5, 5.41) is 21.9. The molecule has 0 bridgehead atoms. The van der Waals surface area contributed by atoms with Gasteiger partial charge < -0.3 is 19.7 Å². The number of fused-ring (bicyclic) bond motifs is 3. The summed E-state index contributed by atoms with van der Waals surface area (Å²) in [5.74, 6) is -2.74. The van der Waals surface area contributed by atoms with Crippen LogP contribution in [0.1, 0.15) is 53.4 Å². The van der Waals surface area contributed by atoms with E-state index in [9.17, 15) is 24.6 Å². The minimum Gasteiger partial charge on any atom is -0.469 e. The number of ether oxygens (including phenoxy) is 2. The van der Waals surface area contributed by atoms with E-state index in [1.807, 2.05) is 13.8 Å². The number of Topliss-reactive ketones (excluding diaryl/α,β-unsaturated/α-hetero) is 1. The number of esters is 2. The lowest BCUT2D eigenvalue weighted by Gasteiger charge is -2.62. The number of hydrogen-bond acceptors (Lipinski definition) is 7. The fraction of sp³-hybridized carbons (Fsp3) is 0.783. The largest absolute Gasteiger partial charge is 0.469 e. The van der Waals surface area contributed by atoms with E-state index >= 15 is 0 Å². The monoisotopic (exact) mass is 422 g/mol. The first-order valence-corrected chi connectivity index (χ1v) is 10.9. The van der Waals surface area contributed by atoms with Crippen molar-refractivity contribution in [3.63, 3.8) is 0 Å². The van der Waals surface area contributed by atoms with Gasteiger partial charge in [-0.2, -0.15) is 0 Å². The Labute approximate surface area is 177 Å². The molecule has 8 atom stereocenters. The molecule has 3 aliphatic rings. The van der Waals surface area contributed by atoms with Crippen LogP contribution in [0.2, 0.25) is 0 Å². The van der Waals surface area contributed by atoms with Crippen molar-refractivity contribution in [3.05, 3.63) is 11.6 Å². The molecule has 0 spiro atoms. The van der Waals surface area contributed by atoms with E-state index in [4.69, 9.17) is 9.47 Å². The lowest BCUT2D eigenvalue weighted by molar-refractivity contribution is -0.217. The quantitative estimate of drug-likeness (QED) is 0.529. The van der Waals surface area contributed by atoms with Crippen molar-refractivity contribution in [2.24, 2.45) is 34.5 Å². The Morgan fingerprint density at radius 1 is 1.23 bits per heavy atom. The zero-order valence-corrected chi connectivity index (χ0v) is 18.5. The first-order valence-electron chi connectivity index (χ1n) is 10.9. The highest BCUT2D eigenvalue weighted by Gasteiger charge is 2.68. The first kappa shape index (κ1) is 22.9. The Kier molecular flexibility index (Phi) is 6.18. The second kappa shape index (κ2) is 8.08. The lowest BCUT2D eigenvalue weighted by atomic mass is 9.41. The lowest BCUT2D eigenvalue weighted by Crippen LogP contribution is -2.68. The van der Waals surface area contributed by atoms with Crippen molar-refractivity contribution in [2.75, 3.05) is 13.7 Å². The molecule has 3 rings (SSSR count). The van der Waals surface area contributed by atoms with Gasteiger partial charge in [-0.1, -0.05) is 19.4 Å². The second-order valence-electron chi connectivity index (χ2n) is 9.59. The fourth-order valence-corrected chi connectivity index (χ4v) is 6.78. The predicted octanol–water partition coefficient (Wildman–Crippen LogP) is 2.04. The Morgan fingerprint density at radius 3 is 2.50 bits per heavy atom. The average Bonchev–Trinajstić information content (AvgIpc) is 2.70. The molecule has 0 aliphatic heterocycles. The maximum atomic E-state index is 13.4. The molecule has 3 fully saturated rings. The van der Waals surface area contributed by atoms with Crippen LogP contribution in [0.25, 0.3) is 0 Å². The Morgan fingerprint density at radius 2 is 1.90 bits per heavy atom. The van der Waals surface area contributed by atoms with Gasteiger partial charge in [0.25, 0.3) is 0 Å². The van der Waals surface area contributed by atoms with Crippen molar-refractivity contribution in [1.29, 1.82) is 0 Å². The van der Waals surface area contributed by atoms with E-state index in [1.165, 1.54) is 13.2 Å². The molecule has 3 aliphatic carbocycles. The minimum absolute atomic E-state index is 0.0516. The number of aliphatic hydroxyl groups is 2. The molecule has 0 amide bonds. The van der Waals surface area contributed by atoms with Gasteiger partial charge in [-0.15, -0.1) is 0 Å². The maximum Gasteiger partial charge on any atom is 0.330 e. The summed E-state index contributed by atoms with van der Waals surface area (Å²) in [5.41, 5.74) is -1.00. The van der Waals surface area contributed by atoms with Crippen molar-refractivity contribution in [3.8, 4) is 0 Å². The Bertz CT molecular complexity index is 759. The van der Waals surface area contributed by atoms with E-state index < -0.39 is 46.8 Å². The highest BCUT2D eigenvalue weighted by atomic mass is 16.5. The fourth-order valence-electron chi connectivity index (χ4n) is 6.78. The topological polar surface area (TPSA) is 110 Å². The molecular formula is C23H34O7. The van der Waals surface area contributed by atoms with Crippen LogP contribution in [-0.2, 0) is 23.9 Å². The van der Waals surface area contributed by atoms with Crippen LogP contribution in [-0.4, -0.2) is 53.9 Å². The van der Waals surface area contributed by atoms with Gasteiger partial charge in [-0.25, -0.2) is 4.79 Å². The molecule has 7 nitrogen and oxygen atoms in total. The number of rotatable bonds is 3. The maximum absolute atomic E-state index is 13.4. The summed E-state index contributed by atoms with van der Waals surface area (Å²) in [4.78, 5) is 38.1.